The number of phenols is 1. The lowest BCUT2D eigenvalue weighted by atomic mass is 9.49. The number of phenolic OH excluding ortho intramolecular Hbond substituents is 1. The maximum absolute atomic E-state index is 13.9. The van der Waals surface area contributed by atoms with E-state index >= 15 is 0 Å². The summed E-state index contributed by atoms with van der Waals surface area (Å²) in [5.74, 6) is 0.370. The lowest BCUT2D eigenvalue weighted by molar-refractivity contribution is -0.172. The van der Waals surface area contributed by atoms with Crippen LogP contribution in [0.25, 0.3) is 11.1 Å². The summed E-state index contributed by atoms with van der Waals surface area (Å²) in [6.07, 6.45) is 2.68. The van der Waals surface area contributed by atoms with Crippen molar-refractivity contribution in [1.82, 2.24) is 4.90 Å². The van der Waals surface area contributed by atoms with Crippen molar-refractivity contribution >= 4 is 11.6 Å². The molecule has 1 amide bonds. The van der Waals surface area contributed by atoms with Crippen LogP contribution < -0.4 is 10.1 Å². The molecule has 3 aromatic carbocycles. The highest BCUT2D eigenvalue weighted by molar-refractivity contribution is 6.06. The van der Waals surface area contributed by atoms with Crippen LogP contribution in [0.3, 0.4) is 0 Å². The Morgan fingerprint density at radius 2 is 1.78 bits per heavy atom. The standard InChI is InChI=1S/C33H32N2O5.CH4/c36-25-13-12-21-16-26-33(39)17-23(31(38)34-24-9-5-4-8-22(24)20-6-2-1-3-7-20)28(37)30-32(33,27(21)29(25)40-30)14-15-35(26)18-19-10-11-19;/h1-9,12-13,19,26,30,36-37,39H,10-11,14-18H2,(H,34,38);1H4/t26-,30+,32+,33-;/m1./s1. The minimum atomic E-state index is -1.34. The number of carbonyl (C=O) groups is 1. The van der Waals surface area contributed by atoms with E-state index in [0.717, 1.165) is 35.3 Å². The minimum absolute atomic E-state index is 0. The number of nitrogens with one attached hydrogen (secondary N) is 1. The Morgan fingerprint density at radius 1 is 1.02 bits per heavy atom. The van der Waals surface area contributed by atoms with Gasteiger partial charge in [0.1, 0.15) is 5.76 Å². The molecular weight excluding hydrogens is 516 g/mol. The summed E-state index contributed by atoms with van der Waals surface area (Å²) in [6, 6.07) is 20.8. The zero-order valence-electron chi connectivity index (χ0n) is 22.1. The molecule has 4 atom stereocenters. The van der Waals surface area contributed by atoms with Crippen molar-refractivity contribution in [3.8, 4) is 22.6 Å². The molecule has 5 aliphatic rings. The molecule has 2 fully saturated rings. The quantitative estimate of drug-likeness (QED) is 0.342. The molecule has 7 nitrogen and oxygen atoms in total. The van der Waals surface area contributed by atoms with Crippen LogP contribution in [0.1, 0.15) is 44.2 Å². The number of amides is 1. The predicted octanol–water partition coefficient (Wildman–Crippen LogP) is 5.32. The zero-order chi connectivity index (χ0) is 27.2. The number of carbonyl (C=O) groups excluding carboxylic acids is 1. The van der Waals surface area contributed by atoms with Crippen molar-refractivity contribution in [3.63, 3.8) is 0 Å². The second kappa shape index (κ2) is 9.10. The van der Waals surface area contributed by atoms with Crippen LogP contribution in [0.15, 0.2) is 78.1 Å². The number of rotatable bonds is 5. The average Bonchev–Trinajstić information content (AvgIpc) is 3.70. The van der Waals surface area contributed by atoms with Crippen molar-refractivity contribution < 1.29 is 24.9 Å². The number of benzene rings is 3. The molecule has 41 heavy (non-hydrogen) atoms. The predicted molar refractivity (Wildman–Crippen MR) is 157 cm³/mol. The van der Waals surface area contributed by atoms with Crippen molar-refractivity contribution in [1.29, 1.82) is 0 Å². The van der Waals surface area contributed by atoms with Crippen LogP contribution >= 0.6 is 0 Å². The summed E-state index contributed by atoms with van der Waals surface area (Å²) in [5.41, 5.74) is 2.19. The van der Waals surface area contributed by atoms with E-state index in [1.54, 1.807) is 6.07 Å². The summed E-state index contributed by atoms with van der Waals surface area (Å²) in [7, 11) is 0. The van der Waals surface area contributed by atoms with Gasteiger partial charge >= 0.3 is 0 Å². The minimum Gasteiger partial charge on any atom is -0.508 e. The molecule has 1 saturated carbocycles. The Labute approximate surface area is 240 Å². The molecule has 3 aromatic rings. The Bertz CT molecular complexity index is 1580. The lowest BCUT2D eigenvalue weighted by Gasteiger charge is -2.62. The van der Waals surface area contributed by atoms with E-state index in [9.17, 15) is 20.1 Å². The van der Waals surface area contributed by atoms with Crippen LogP contribution in [0.4, 0.5) is 5.69 Å². The normalized spacial score (nSPS) is 29.3. The molecule has 0 unspecified atom stereocenters. The monoisotopic (exact) mass is 552 g/mol. The van der Waals surface area contributed by atoms with E-state index < -0.39 is 23.0 Å². The van der Waals surface area contributed by atoms with Crippen molar-refractivity contribution in [2.45, 2.75) is 62.7 Å². The Kier molecular flexibility index (Phi) is 5.79. The van der Waals surface area contributed by atoms with E-state index in [1.807, 2.05) is 60.7 Å². The number of likely N-dealkylation sites (tertiary alicyclic amines) is 1. The Balaban J connectivity index is 0.00000276. The number of para-hydroxylation sites is 1. The van der Waals surface area contributed by atoms with Crippen LogP contribution in [0.5, 0.6) is 11.5 Å². The second-order valence-electron chi connectivity index (χ2n) is 12.2. The van der Waals surface area contributed by atoms with Gasteiger partial charge in [-0.3, -0.25) is 9.69 Å². The lowest BCUT2D eigenvalue weighted by Crippen LogP contribution is -2.75. The molecule has 2 aliphatic heterocycles. The zero-order valence-corrected chi connectivity index (χ0v) is 22.1. The number of hydrogen-bond acceptors (Lipinski definition) is 6. The van der Waals surface area contributed by atoms with Gasteiger partial charge < -0.3 is 25.4 Å². The topological polar surface area (TPSA) is 102 Å². The fourth-order valence-electron chi connectivity index (χ4n) is 8.03. The molecule has 7 heteroatoms. The largest absolute Gasteiger partial charge is 0.508 e. The van der Waals surface area contributed by atoms with E-state index in [4.69, 9.17) is 4.74 Å². The highest BCUT2D eigenvalue weighted by atomic mass is 16.5. The van der Waals surface area contributed by atoms with Crippen LogP contribution in [0.2, 0.25) is 0 Å². The van der Waals surface area contributed by atoms with Crippen LogP contribution in [0, 0.1) is 5.92 Å². The molecule has 2 bridgehead atoms. The number of hydrogen-bond donors (Lipinski definition) is 4. The first kappa shape index (κ1) is 26.1. The first-order chi connectivity index (χ1) is 19.4. The van der Waals surface area contributed by atoms with Gasteiger partial charge in [0.15, 0.2) is 17.6 Å². The fraction of sp³-hybridized carbons (Fsp3) is 0.382. The highest BCUT2D eigenvalue weighted by Gasteiger charge is 2.73. The van der Waals surface area contributed by atoms with Crippen molar-refractivity contribution in [2.24, 2.45) is 5.92 Å². The maximum Gasteiger partial charge on any atom is 0.255 e. The molecule has 0 radical (unpaired) electrons. The number of aromatic hydroxyl groups is 1. The van der Waals surface area contributed by atoms with Crippen LogP contribution in [-0.4, -0.2) is 57.0 Å². The van der Waals surface area contributed by atoms with Gasteiger partial charge in [-0.05, 0) is 61.4 Å². The first-order valence-electron chi connectivity index (χ1n) is 14.3. The maximum atomic E-state index is 13.9. The molecule has 3 aliphatic carbocycles. The molecule has 1 spiro atoms. The van der Waals surface area contributed by atoms with Gasteiger partial charge in [-0.25, -0.2) is 0 Å². The van der Waals surface area contributed by atoms with E-state index in [1.165, 1.54) is 12.8 Å². The summed E-state index contributed by atoms with van der Waals surface area (Å²) in [5, 5.41) is 38.3. The fourth-order valence-corrected chi connectivity index (χ4v) is 8.03. The molecular formula is C34H36N2O5. The average molecular weight is 553 g/mol. The van der Waals surface area contributed by atoms with Gasteiger partial charge in [0.25, 0.3) is 5.91 Å². The van der Waals surface area contributed by atoms with E-state index in [-0.39, 0.29) is 37.0 Å². The van der Waals surface area contributed by atoms with Gasteiger partial charge in [0, 0.05) is 35.8 Å². The summed E-state index contributed by atoms with van der Waals surface area (Å²) >= 11 is 0. The molecule has 4 N–H and O–H groups in total. The molecule has 0 aromatic heterocycles. The van der Waals surface area contributed by atoms with E-state index in [2.05, 4.69) is 10.2 Å². The van der Waals surface area contributed by atoms with Gasteiger partial charge in [-0.1, -0.05) is 62.0 Å². The molecule has 8 rings (SSSR count). The van der Waals surface area contributed by atoms with Gasteiger partial charge in [0.2, 0.25) is 0 Å². The number of aliphatic hydroxyl groups excluding tert-OH is 1. The van der Waals surface area contributed by atoms with Gasteiger partial charge in [-0.15, -0.1) is 0 Å². The molecule has 1 saturated heterocycles. The summed E-state index contributed by atoms with van der Waals surface area (Å²) in [4.78, 5) is 16.3. The third kappa shape index (κ3) is 3.55. The Morgan fingerprint density at radius 3 is 2.56 bits per heavy atom. The highest BCUT2D eigenvalue weighted by Crippen LogP contribution is 2.66. The summed E-state index contributed by atoms with van der Waals surface area (Å²) < 4.78 is 6.32. The Hall–Kier alpha value is -3.81. The molecule has 2 heterocycles. The van der Waals surface area contributed by atoms with Crippen LogP contribution in [-0.2, 0) is 16.6 Å². The molecule has 212 valence electrons. The smallest absolute Gasteiger partial charge is 0.255 e. The number of anilines is 1. The first-order valence-corrected chi connectivity index (χ1v) is 14.3. The van der Waals surface area contributed by atoms with Crippen molar-refractivity contribution in [2.75, 3.05) is 18.4 Å². The second-order valence-corrected chi connectivity index (χ2v) is 12.2. The van der Waals surface area contributed by atoms with E-state index in [0.29, 0.717) is 30.2 Å². The third-order valence-corrected chi connectivity index (χ3v) is 10.1. The number of piperidine rings is 1. The number of aliphatic hydroxyl groups is 2. The van der Waals surface area contributed by atoms with Gasteiger partial charge in [-0.2, -0.15) is 0 Å². The number of nitrogens with zero attached hydrogens (tertiary/aromatic N) is 1. The van der Waals surface area contributed by atoms with Crippen molar-refractivity contribution in [3.05, 3.63) is 89.2 Å². The SMILES string of the molecule is C.O=C(Nc1ccccc1-c1ccccc1)C1=C(O)[C@@H]2Oc3c(O)ccc4c3[C@@]23CCN(CC2CC2)[C@H](C4)[C@]3(O)C1. The summed E-state index contributed by atoms with van der Waals surface area (Å²) in [6.45, 7) is 1.70. The number of ether oxygens (including phenoxy) is 1. The van der Waals surface area contributed by atoms with Gasteiger partial charge in [0.05, 0.1) is 16.6 Å². The third-order valence-electron chi connectivity index (χ3n) is 10.1.